The Hall–Kier alpha value is -0.980. The molecule has 1 fully saturated rings. The molecule has 0 saturated heterocycles. The van der Waals surface area contributed by atoms with Crippen LogP contribution in [0.2, 0.25) is 0 Å². The van der Waals surface area contributed by atoms with Crippen molar-refractivity contribution >= 4 is 21.6 Å². The summed E-state index contributed by atoms with van der Waals surface area (Å²) in [7, 11) is 1.72. The number of benzene rings is 1. The number of ether oxygens (including phenoxy) is 1. The van der Waals surface area contributed by atoms with Crippen LogP contribution in [0.25, 0.3) is 0 Å². The molecule has 0 bridgehead atoms. The minimum atomic E-state index is -0.343. The minimum Gasteiger partial charge on any atom is -0.380 e. The van der Waals surface area contributed by atoms with Gasteiger partial charge in [-0.2, -0.15) is 0 Å². The first-order valence-electron chi connectivity index (χ1n) is 6.31. The largest absolute Gasteiger partial charge is 0.380 e. The third kappa shape index (κ3) is 3.52. The van der Waals surface area contributed by atoms with Crippen molar-refractivity contribution in [2.45, 2.75) is 38.0 Å². The van der Waals surface area contributed by atoms with Crippen LogP contribution in [0, 0.1) is 10.1 Å². The molecule has 1 N–H and O–H groups in total. The van der Waals surface area contributed by atoms with Gasteiger partial charge in [0.15, 0.2) is 0 Å². The predicted molar refractivity (Wildman–Crippen MR) is 76.1 cm³/mol. The van der Waals surface area contributed by atoms with E-state index in [1.807, 2.05) is 6.07 Å². The van der Waals surface area contributed by atoms with Crippen LogP contribution >= 0.6 is 15.9 Å². The maximum absolute atomic E-state index is 11.0. The second-order valence-electron chi connectivity index (χ2n) is 4.72. The molecule has 6 heteroatoms. The van der Waals surface area contributed by atoms with Gasteiger partial charge in [-0.15, -0.1) is 0 Å². The van der Waals surface area contributed by atoms with Crippen LogP contribution in [0.5, 0.6) is 0 Å². The molecule has 0 aliphatic heterocycles. The molecule has 1 aromatic rings. The summed E-state index contributed by atoms with van der Waals surface area (Å²) < 4.78 is 6.13. The molecule has 1 saturated carbocycles. The second-order valence-corrected chi connectivity index (χ2v) is 5.64. The number of nitro benzene ring substituents is 1. The zero-order chi connectivity index (χ0) is 13.8. The Labute approximate surface area is 120 Å². The van der Waals surface area contributed by atoms with Crippen molar-refractivity contribution in [3.05, 3.63) is 38.3 Å². The van der Waals surface area contributed by atoms with Crippen molar-refractivity contribution in [1.29, 1.82) is 0 Å². The van der Waals surface area contributed by atoms with Crippen molar-refractivity contribution in [1.82, 2.24) is 5.32 Å². The van der Waals surface area contributed by atoms with Gasteiger partial charge in [0.05, 0.1) is 11.0 Å². The average molecular weight is 329 g/mol. The quantitative estimate of drug-likeness (QED) is 0.666. The molecule has 1 aromatic carbocycles. The van der Waals surface area contributed by atoms with Crippen LogP contribution in [-0.4, -0.2) is 24.2 Å². The summed E-state index contributed by atoms with van der Waals surface area (Å²) in [6.45, 7) is 0.494. The van der Waals surface area contributed by atoms with E-state index >= 15 is 0 Å². The normalized spacial score (nSPS) is 22.6. The molecular weight excluding hydrogens is 312 g/mol. The Bertz CT molecular complexity index is 467. The van der Waals surface area contributed by atoms with Gasteiger partial charge in [-0.3, -0.25) is 10.1 Å². The highest BCUT2D eigenvalue weighted by Crippen LogP contribution is 2.25. The molecule has 2 unspecified atom stereocenters. The molecule has 2 rings (SSSR count). The molecule has 1 aliphatic rings. The molecule has 0 spiro atoms. The van der Waals surface area contributed by atoms with Gasteiger partial charge in [-0.05, 0) is 31.4 Å². The monoisotopic (exact) mass is 328 g/mol. The highest BCUT2D eigenvalue weighted by atomic mass is 79.9. The molecule has 5 nitrogen and oxygen atoms in total. The maximum Gasteiger partial charge on any atom is 0.275 e. The van der Waals surface area contributed by atoms with E-state index in [0.29, 0.717) is 12.1 Å². The molecule has 1 aliphatic carbocycles. The van der Waals surface area contributed by atoms with E-state index in [1.165, 1.54) is 0 Å². The highest BCUT2D eigenvalue weighted by Gasteiger charge is 2.27. The summed E-state index contributed by atoms with van der Waals surface area (Å²) in [5.41, 5.74) is 0.851. The first kappa shape index (κ1) is 14.4. The van der Waals surface area contributed by atoms with Gasteiger partial charge in [0, 0.05) is 35.8 Å². The summed E-state index contributed by atoms with van der Waals surface area (Å²) in [6.07, 6.45) is 3.47. The lowest BCUT2D eigenvalue weighted by atomic mass is 10.1. The first-order valence-corrected chi connectivity index (χ1v) is 7.10. The Morgan fingerprint density at radius 2 is 2.32 bits per heavy atom. The molecule has 0 radical (unpaired) electrons. The average Bonchev–Trinajstić information content (AvgIpc) is 2.84. The van der Waals surface area contributed by atoms with Crippen LogP contribution in [0.3, 0.4) is 0 Å². The number of hydrogen-bond acceptors (Lipinski definition) is 4. The minimum absolute atomic E-state index is 0.147. The van der Waals surface area contributed by atoms with E-state index in [4.69, 9.17) is 4.74 Å². The van der Waals surface area contributed by atoms with E-state index < -0.39 is 0 Å². The lowest BCUT2D eigenvalue weighted by molar-refractivity contribution is -0.385. The third-order valence-corrected chi connectivity index (χ3v) is 4.05. The molecule has 0 heterocycles. The smallest absolute Gasteiger partial charge is 0.275 e. The van der Waals surface area contributed by atoms with E-state index in [0.717, 1.165) is 23.7 Å². The number of methoxy groups -OCH3 is 1. The van der Waals surface area contributed by atoms with Gasteiger partial charge in [0.25, 0.3) is 5.69 Å². The molecule has 0 aromatic heterocycles. The summed E-state index contributed by atoms with van der Waals surface area (Å²) >= 11 is 3.26. The van der Waals surface area contributed by atoms with Crippen LogP contribution in [0.4, 0.5) is 5.69 Å². The van der Waals surface area contributed by atoms with Crippen LogP contribution < -0.4 is 5.32 Å². The van der Waals surface area contributed by atoms with Crippen molar-refractivity contribution in [3.63, 3.8) is 0 Å². The van der Waals surface area contributed by atoms with E-state index in [2.05, 4.69) is 21.2 Å². The first-order chi connectivity index (χ1) is 9.11. The van der Waals surface area contributed by atoms with Crippen molar-refractivity contribution in [2.24, 2.45) is 0 Å². The van der Waals surface area contributed by atoms with Crippen LogP contribution in [-0.2, 0) is 11.3 Å². The van der Waals surface area contributed by atoms with E-state index in [9.17, 15) is 10.1 Å². The molecule has 0 amide bonds. The van der Waals surface area contributed by atoms with Crippen molar-refractivity contribution < 1.29 is 9.66 Å². The second kappa shape index (κ2) is 6.45. The summed E-state index contributed by atoms with van der Waals surface area (Å²) in [6, 6.07) is 5.44. The number of nitrogens with zero attached hydrogens (tertiary/aromatic N) is 1. The van der Waals surface area contributed by atoms with E-state index in [-0.39, 0.29) is 22.8 Å². The summed E-state index contributed by atoms with van der Waals surface area (Å²) in [5.74, 6) is 0. The fraction of sp³-hybridized carbons (Fsp3) is 0.538. The molecule has 19 heavy (non-hydrogen) atoms. The van der Waals surface area contributed by atoms with Gasteiger partial charge in [-0.1, -0.05) is 15.9 Å². The molecule has 2 atom stereocenters. The number of nitrogens with one attached hydrogen (secondary N) is 1. The Morgan fingerprint density at radius 1 is 1.53 bits per heavy atom. The Balaban J connectivity index is 2.05. The van der Waals surface area contributed by atoms with Gasteiger partial charge < -0.3 is 10.1 Å². The standard InChI is InChI=1S/C13H17BrN2O3/c1-19-13-4-2-3-11(13)15-8-9-5-6-10(14)7-12(9)16(17)18/h5-7,11,13,15H,2-4,8H2,1H3. The van der Waals surface area contributed by atoms with Crippen molar-refractivity contribution in [2.75, 3.05) is 7.11 Å². The Kier molecular flexibility index (Phi) is 4.90. The number of nitro groups is 1. The lowest BCUT2D eigenvalue weighted by Gasteiger charge is -2.19. The maximum atomic E-state index is 11.0. The Morgan fingerprint density at radius 3 is 3.00 bits per heavy atom. The predicted octanol–water partition coefficient (Wildman–Crippen LogP) is 3.01. The van der Waals surface area contributed by atoms with Crippen molar-refractivity contribution in [3.8, 4) is 0 Å². The number of rotatable bonds is 5. The summed E-state index contributed by atoms with van der Waals surface area (Å²) in [5, 5.41) is 14.4. The molecule has 104 valence electrons. The molecular formula is C13H17BrN2O3. The fourth-order valence-corrected chi connectivity index (χ4v) is 2.89. The van der Waals surface area contributed by atoms with E-state index in [1.54, 1.807) is 19.2 Å². The number of hydrogen-bond donors (Lipinski definition) is 1. The number of halogens is 1. The van der Waals surface area contributed by atoms with Gasteiger partial charge in [0.1, 0.15) is 0 Å². The zero-order valence-corrected chi connectivity index (χ0v) is 12.4. The van der Waals surface area contributed by atoms with Gasteiger partial charge in [-0.25, -0.2) is 0 Å². The van der Waals surface area contributed by atoms with Crippen LogP contribution in [0.15, 0.2) is 22.7 Å². The highest BCUT2D eigenvalue weighted by molar-refractivity contribution is 9.10. The lowest BCUT2D eigenvalue weighted by Crippen LogP contribution is -2.36. The van der Waals surface area contributed by atoms with Gasteiger partial charge >= 0.3 is 0 Å². The zero-order valence-electron chi connectivity index (χ0n) is 10.8. The van der Waals surface area contributed by atoms with Crippen LogP contribution in [0.1, 0.15) is 24.8 Å². The summed E-state index contributed by atoms with van der Waals surface area (Å²) in [4.78, 5) is 10.7. The SMILES string of the molecule is COC1CCCC1NCc1ccc(Br)cc1[N+](=O)[O-]. The van der Waals surface area contributed by atoms with Gasteiger partial charge in [0.2, 0.25) is 0 Å². The topological polar surface area (TPSA) is 64.4 Å². The fourth-order valence-electron chi connectivity index (χ4n) is 2.54. The third-order valence-electron chi connectivity index (χ3n) is 3.55.